The fourth-order valence-corrected chi connectivity index (χ4v) is 2.56. The molecule has 8 heteroatoms. The van der Waals surface area contributed by atoms with E-state index in [2.05, 4.69) is 15.6 Å². The van der Waals surface area contributed by atoms with Gasteiger partial charge in [0.25, 0.3) is 0 Å². The predicted molar refractivity (Wildman–Crippen MR) is 81.8 cm³/mol. The minimum absolute atomic E-state index is 0.424. The number of halogens is 2. The molecule has 1 aromatic carbocycles. The zero-order valence-electron chi connectivity index (χ0n) is 12.5. The molecule has 0 atom stereocenters. The van der Waals surface area contributed by atoms with Crippen molar-refractivity contribution in [3.8, 4) is 18.1 Å². The molecule has 23 heavy (non-hydrogen) atoms. The first-order valence-corrected chi connectivity index (χ1v) is 7.15. The van der Waals surface area contributed by atoms with Crippen LogP contribution in [0.15, 0.2) is 18.2 Å². The predicted octanol–water partition coefficient (Wildman–Crippen LogP) is 2.34. The van der Waals surface area contributed by atoms with Crippen LogP contribution in [0, 0.1) is 22.5 Å². The van der Waals surface area contributed by atoms with Crippen molar-refractivity contribution in [1.82, 2.24) is 4.90 Å². The third-order valence-corrected chi connectivity index (χ3v) is 3.62. The van der Waals surface area contributed by atoms with Crippen molar-refractivity contribution in [3.63, 3.8) is 0 Å². The van der Waals surface area contributed by atoms with Gasteiger partial charge in [0.05, 0.1) is 11.5 Å². The first-order valence-electron chi connectivity index (χ1n) is 7.15. The van der Waals surface area contributed by atoms with E-state index in [1.807, 2.05) is 4.90 Å². The highest BCUT2D eigenvalue weighted by Crippen LogP contribution is 2.33. The second-order valence-electron chi connectivity index (χ2n) is 5.11. The number of rotatable bonds is 5. The Labute approximate surface area is 132 Å². The Bertz CT molecular complexity index is 604. The Morgan fingerprint density at radius 3 is 2.78 bits per heavy atom. The van der Waals surface area contributed by atoms with Gasteiger partial charge in [-0.25, -0.2) is 0 Å². The van der Waals surface area contributed by atoms with Crippen molar-refractivity contribution in [2.75, 3.05) is 37.6 Å². The third kappa shape index (κ3) is 4.53. The fourth-order valence-electron chi connectivity index (χ4n) is 2.56. The molecule has 1 aromatic rings. The lowest BCUT2D eigenvalue weighted by atomic mass is 10.2. The van der Waals surface area contributed by atoms with Gasteiger partial charge in [0.2, 0.25) is 5.75 Å². The first-order chi connectivity index (χ1) is 11.0. The highest BCUT2D eigenvalue weighted by Gasteiger charge is 2.22. The van der Waals surface area contributed by atoms with Gasteiger partial charge in [-0.2, -0.15) is 8.78 Å². The Kier molecular flexibility index (Phi) is 5.71. The summed E-state index contributed by atoms with van der Waals surface area (Å²) < 4.78 is 29.2. The molecule has 1 aliphatic rings. The number of nitro benzene ring substituents is 1. The molecule has 0 spiro atoms. The lowest BCUT2D eigenvalue weighted by molar-refractivity contribution is -0.386. The van der Waals surface area contributed by atoms with Crippen molar-refractivity contribution in [3.05, 3.63) is 28.3 Å². The van der Waals surface area contributed by atoms with Crippen molar-refractivity contribution >= 4 is 11.4 Å². The summed E-state index contributed by atoms with van der Waals surface area (Å²) in [5, 5.41) is 10.9. The van der Waals surface area contributed by atoms with Crippen LogP contribution in [0.2, 0.25) is 0 Å². The molecular formula is C15H17F2N3O3. The molecule has 0 unspecified atom stereocenters. The molecule has 0 aromatic heterocycles. The Balaban J connectivity index is 2.19. The molecule has 2 rings (SSSR count). The van der Waals surface area contributed by atoms with E-state index in [1.165, 1.54) is 12.1 Å². The normalized spacial score (nSPS) is 16.0. The molecule has 0 radical (unpaired) electrons. The maximum Gasteiger partial charge on any atom is 0.387 e. The number of alkyl halides is 2. The summed E-state index contributed by atoms with van der Waals surface area (Å²) in [5.41, 5.74) is 0.145. The number of hydrogen-bond acceptors (Lipinski definition) is 5. The van der Waals surface area contributed by atoms with E-state index < -0.39 is 23.0 Å². The average Bonchev–Trinajstić information content (AvgIpc) is 2.72. The van der Waals surface area contributed by atoms with Crippen molar-refractivity contribution in [2.24, 2.45) is 0 Å². The molecule has 6 nitrogen and oxygen atoms in total. The minimum Gasteiger partial charge on any atom is -0.427 e. The second kappa shape index (κ2) is 7.74. The quantitative estimate of drug-likeness (QED) is 0.472. The first kappa shape index (κ1) is 17.0. The number of nitrogens with zero attached hydrogens (tertiary/aromatic N) is 3. The highest BCUT2D eigenvalue weighted by atomic mass is 19.3. The zero-order chi connectivity index (χ0) is 16.8. The Morgan fingerprint density at radius 1 is 1.35 bits per heavy atom. The number of nitro groups is 1. The minimum atomic E-state index is -3.11. The van der Waals surface area contributed by atoms with E-state index in [9.17, 15) is 18.9 Å². The summed E-state index contributed by atoms with van der Waals surface area (Å²) in [6.07, 6.45) is 6.18. The summed E-state index contributed by atoms with van der Waals surface area (Å²) in [7, 11) is 0. The number of hydrogen-bond donors (Lipinski definition) is 0. The van der Waals surface area contributed by atoms with Crippen LogP contribution < -0.4 is 9.64 Å². The largest absolute Gasteiger partial charge is 0.427 e. The van der Waals surface area contributed by atoms with Gasteiger partial charge >= 0.3 is 12.3 Å². The maximum absolute atomic E-state index is 12.5. The van der Waals surface area contributed by atoms with Crippen LogP contribution in [-0.4, -0.2) is 49.2 Å². The molecule has 0 bridgehead atoms. The standard InChI is InChI=1S/C15H17F2N3O3/c1-2-6-18-7-3-8-19(10-9-18)12-4-5-13(20(21)22)14(11-12)23-15(16)17/h1,4-5,11,15H,3,6-10H2. The van der Waals surface area contributed by atoms with E-state index in [0.29, 0.717) is 25.3 Å². The lowest BCUT2D eigenvalue weighted by Gasteiger charge is -2.23. The third-order valence-electron chi connectivity index (χ3n) is 3.62. The molecular weight excluding hydrogens is 308 g/mol. The van der Waals surface area contributed by atoms with E-state index in [4.69, 9.17) is 6.42 Å². The van der Waals surface area contributed by atoms with Gasteiger partial charge in [-0.15, -0.1) is 6.42 Å². The van der Waals surface area contributed by atoms with Crippen LogP contribution in [-0.2, 0) is 0 Å². The van der Waals surface area contributed by atoms with Crippen molar-refractivity contribution < 1.29 is 18.4 Å². The molecule has 1 heterocycles. The van der Waals surface area contributed by atoms with Gasteiger partial charge in [-0.1, -0.05) is 5.92 Å². The molecule has 1 fully saturated rings. The van der Waals surface area contributed by atoms with Crippen molar-refractivity contribution in [2.45, 2.75) is 13.0 Å². The SMILES string of the molecule is C#CCN1CCCN(c2ccc([N+](=O)[O-])c(OC(F)F)c2)CC1. The van der Waals surface area contributed by atoms with E-state index >= 15 is 0 Å². The average molecular weight is 325 g/mol. The van der Waals surface area contributed by atoms with Crippen molar-refractivity contribution in [1.29, 1.82) is 0 Å². The van der Waals surface area contributed by atoms with Gasteiger partial charge in [-0.3, -0.25) is 15.0 Å². The number of ether oxygens (including phenoxy) is 1. The van der Waals surface area contributed by atoms with Gasteiger partial charge in [0.1, 0.15) is 0 Å². The van der Waals surface area contributed by atoms with Gasteiger partial charge in [0.15, 0.2) is 0 Å². The van der Waals surface area contributed by atoms with Crippen LogP contribution in [0.1, 0.15) is 6.42 Å². The molecule has 0 N–H and O–H groups in total. The topological polar surface area (TPSA) is 58.9 Å². The van der Waals surface area contributed by atoms with Crippen LogP contribution in [0.5, 0.6) is 5.75 Å². The van der Waals surface area contributed by atoms with Crippen LogP contribution in [0.3, 0.4) is 0 Å². The summed E-state index contributed by atoms with van der Waals surface area (Å²) in [4.78, 5) is 14.3. The lowest BCUT2D eigenvalue weighted by Crippen LogP contribution is -2.31. The van der Waals surface area contributed by atoms with Gasteiger partial charge in [0, 0.05) is 44.0 Å². The smallest absolute Gasteiger partial charge is 0.387 e. The fraction of sp³-hybridized carbons (Fsp3) is 0.467. The number of benzene rings is 1. The Morgan fingerprint density at radius 2 is 2.13 bits per heavy atom. The monoisotopic (exact) mass is 325 g/mol. The van der Waals surface area contributed by atoms with Crippen LogP contribution in [0.4, 0.5) is 20.2 Å². The van der Waals surface area contributed by atoms with E-state index in [1.54, 1.807) is 6.07 Å². The molecule has 0 aliphatic carbocycles. The Hall–Kier alpha value is -2.40. The van der Waals surface area contributed by atoms with E-state index in [0.717, 1.165) is 19.5 Å². The molecule has 1 aliphatic heterocycles. The summed E-state index contributed by atoms with van der Waals surface area (Å²) in [6, 6.07) is 4.03. The summed E-state index contributed by atoms with van der Waals surface area (Å²) >= 11 is 0. The maximum atomic E-state index is 12.5. The van der Waals surface area contributed by atoms with Gasteiger partial charge in [-0.05, 0) is 12.5 Å². The summed E-state index contributed by atoms with van der Waals surface area (Å²) in [5.74, 6) is 2.18. The highest BCUT2D eigenvalue weighted by molar-refractivity contribution is 5.59. The number of terminal acetylenes is 1. The zero-order valence-corrected chi connectivity index (χ0v) is 12.5. The molecule has 124 valence electrons. The molecule has 1 saturated heterocycles. The van der Waals surface area contributed by atoms with E-state index in [-0.39, 0.29) is 0 Å². The van der Waals surface area contributed by atoms with Gasteiger partial charge < -0.3 is 9.64 Å². The molecule has 0 amide bonds. The summed E-state index contributed by atoms with van der Waals surface area (Å²) in [6.45, 7) is 0.425. The molecule has 0 saturated carbocycles. The van der Waals surface area contributed by atoms with Crippen LogP contribution >= 0.6 is 0 Å². The second-order valence-corrected chi connectivity index (χ2v) is 5.11. The number of anilines is 1. The van der Waals surface area contributed by atoms with Crippen LogP contribution in [0.25, 0.3) is 0 Å².